The molecule has 3 aromatic rings. The molecule has 0 radical (unpaired) electrons. The van der Waals surface area contributed by atoms with Gasteiger partial charge in [0.2, 0.25) is 10.0 Å². The van der Waals surface area contributed by atoms with Crippen LogP contribution in [-0.4, -0.2) is 30.4 Å². The number of nitrogens with zero attached hydrogens (tertiary/aromatic N) is 2. The topological polar surface area (TPSA) is 124 Å². The third kappa shape index (κ3) is 4.04. The maximum atomic E-state index is 12.4. The van der Waals surface area contributed by atoms with Crippen molar-refractivity contribution in [2.24, 2.45) is 12.2 Å². The van der Waals surface area contributed by atoms with Crippen LogP contribution in [0.15, 0.2) is 58.4 Å². The first-order valence-electron chi connectivity index (χ1n) is 8.12. The van der Waals surface area contributed by atoms with Crippen molar-refractivity contribution < 1.29 is 13.2 Å². The summed E-state index contributed by atoms with van der Waals surface area (Å²) in [6.45, 7) is 0.293. The largest absolute Gasteiger partial charge is 0.352 e. The predicted octanol–water partition coefficient (Wildman–Crippen LogP) is 0.553. The molecule has 3 N–H and O–H groups in total. The first-order valence-corrected chi connectivity index (χ1v) is 9.67. The van der Waals surface area contributed by atoms with Gasteiger partial charge >= 0.3 is 0 Å². The summed E-state index contributed by atoms with van der Waals surface area (Å²) in [5, 5.41) is 8.46. The second-order valence-corrected chi connectivity index (χ2v) is 7.59. The van der Waals surface area contributed by atoms with E-state index in [0.717, 1.165) is 5.56 Å². The van der Waals surface area contributed by atoms with E-state index in [1.54, 1.807) is 37.5 Å². The zero-order valence-electron chi connectivity index (χ0n) is 14.5. The molecule has 1 aromatic carbocycles. The van der Waals surface area contributed by atoms with Gasteiger partial charge in [0.05, 0.1) is 4.90 Å². The highest BCUT2D eigenvalue weighted by Crippen LogP contribution is 2.10. The Hall–Kier alpha value is -3.04. The van der Waals surface area contributed by atoms with Crippen LogP contribution in [0.3, 0.4) is 0 Å². The Morgan fingerprint density at radius 2 is 1.93 bits per heavy atom. The van der Waals surface area contributed by atoms with Gasteiger partial charge in [0.25, 0.3) is 11.5 Å². The summed E-state index contributed by atoms with van der Waals surface area (Å²) in [6, 6.07) is 11.1. The van der Waals surface area contributed by atoms with Gasteiger partial charge in [-0.15, -0.1) is 0 Å². The van der Waals surface area contributed by atoms with Crippen molar-refractivity contribution in [1.29, 1.82) is 0 Å². The lowest BCUT2D eigenvalue weighted by Gasteiger charge is -2.09. The van der Waals surface area contributed by atoms with E-state index >= 15 is 0 Å². The second-order valence-electron chi connectivity index (χ2n) is 6.03. The maximum Gasteiger partial charge on any atom is 0.264 e. The van der Waals surface area contributed by atoms with Crippen LogP contribution in [0.1, 0.15) is 15.9 Å². The van der Waals surface area contributed by atoms with E-state index in [-0.39, 0.29) is 10.5 Å². The minimum Gasteiger partial charge on any atom is -0.352 e. The number of primary sulfonamides is 1. The number of hydrogen-bond donors (Lipinski definition) is 2. The molecule has 0 atom stereocenters. The Labute approximate surface area is 155 Å². The van der Waals surface area contributed by atoms with Crippen molar-refractivity contribution in [3.05, 3.63) is 70.1 Å². The van der Waals surface area contributed by atoms with Crippen LogP contribution in [0, 0.1) is 0 Å². The van der Waals surface area contributed by atoms with Crippen molar-refractivity contribution in [3.63, 3.8) is 0 Å². The Morgan fingerprint density at radius 1 is 1.22 bits per heavy atom. The van der Waals surface area contributed by atoms with Crippen molar-refractivity contribution in [1.82, 2.24) is 14.9 Å². The number of aromatic nitrogens is 2. The Morgan fingerprint density at radius 3 is 2.59 bits per heavy atom. The van der Waals surface area contributed by atoms with Crippen molar-refractivity contribution >= 4 is 27.0 Å². The van der Waals surface area contributed by atoms with E-state index in [2.05, 4.69) is 10.3 Å². The summed E-state index contributed by atoms with van der Waals surface area (Å²) in [4.78, 5) is 29.0. The molecule has 9 heteroatoms. The summed E-state index contributed by atoms with van der Waals surface area (Å²) >= 11 is 0. The molecule has 0 fully saturated rings. The Balaban J connectivity index is 1.70. The van der Waals surface area contributed by atoms with Gasteiger partial charge in [0.1, 0.15) is 11.2 Å². The van der Waals surface area contributed by atoms with Gasteiger partial charge in [0.15, 0.2) is 0 Å². The highest BCUT2D eigenvalue weighted by molar-refractivity contribution is 7.89. The third-order valence-electron chi connectivity index (χ3n) is 4.17. The van der Waals surface area contributed by atoms with Gasteiger partial charge in [-0.2, -0.15) is 0 Å². The molecule has 3 rings (SSSR count). The van der Waals surface area contributed by atoms with Crippen molar-refractivity contribution in [2.45, 2.75) is 11.3 Å². The minimum absolute atomic E-state index is 0.0311. The van der Waals surface area contributed by atoms with E-state index in [1.807, 2.05) is 0 Å². The number of fused-ring (bicyclic) bond motifs is 1. The molecule has 2 aromatic heterocycles. The first kappa shape index (κ1) is 18.7. The molecular formula is C18H18N4O4S. The number of sulfonamides is 1. The number of hydrogen-bond acceptors (Lipinski definition) is 5. The molecule has 2 heterocycles. The van der Waals surface area contributed by atoms with Gasteiger partial charge in [-0.05, 0) is 42.3 Å². The first-order chi connectivity index (χ1) is 12.8. The monoisotopic (exact) mass is 386 g/mol. The zero-order valence-corrected chi connectivity index (χ0v) is 15.4. The molecule has 0 spiro atoms. The molecule has 27 heavy (non-hydrogen) atoms. The summed E-state index contributed by atoms with van der Waals surface area (Å²) in [5.74, 6) is -0.470. The zero-order chi connectivity index (χ0) is 19.6. The molecular weight excluding hydrogens is 368 g/mol. The molecule has 0 saturated carbocycles. The number of benzene rings is 1. The van der Waals surface area contributed by atoms with Crippen LogP contribution in [0.25, 0.3) is 11.0 Å². The van der Waals surface area contributed by atoms with E-state index in [4.69, 9.17) is 5.14 Å². The van der Waals surface area contributed by atoms with Crippen molar-refractivity contribution in [2.75, 3.05) is 6.54 Å². The smallest absolute Gasteiger partial charge is 0.264 e. The molecule has 0 unspecified atom stereocenters. The lowest BCUT2D eigenvalue weighted by molar-refractivity contribution is 0.0952. The van der Waals surface area contributed by atoms with E-state index in [0.29, 0.717) is 24.0 Å². The normalized spacial score (nSPS) is 11.5. The highest BCUT2D eigenvalue weighted by atomic mass is 32.2. The van der Waals surface area contributed by atoms with Gasteiger partial charge in [-0.1, -0.05) is 12.1 Å². The number of amides is 1. The molecule has 0 aliphatic heterocycles. The average Bonchev–Trinajstić information content (AvgIpc) is 2.64. The van der Waals surface area contributed by atoms with Gasteiger partial charge < -0.3 is 5.32 Å². The molecule has 140 valence electrons. The standard InChI is InChI=1S/C18H18N4O4S/c1-22-16-13(3-2-9-20-16)11-15(18(22)24)17(23)21-10-8-12-4-6-14(7-5-12)27(19,25)26/h2-7,9,11H,8,10H2,1H3,(H,21,23)(H2,19,25,26). The van der Waals surface area contributed by atoms with Crippen LogP contribution in [0.2, 0.25) is 0 Å². The maximum absolute atomic E-state index is 12.4. The summed E-state index contributed by atoms with van der Waals surface area (Å²) in [6.07, 6.45) is 2.06. The van der Waals surface area contributed by atoms with E-state index in [1.165, 1.54) is 22.8 Å². The number of rotatable bonds is 5. The van der Waals surface area contributed by atoms with Crippen LogP contribution in [-0.2, 0) is 23.5 Å². The number of carbonyl (C=O) groups excluding carboxylic acids is 1. The predicted molar refractivity (Wildman–Crippen MR) is 101 cm³/mol. The Bertz CT molecular complexity index is 1170. The minimum atomic E-state index is -3.73. The molecule has 0 aliphatic rings. The molecule has 1 amide bonds. The fraction of sp³-hybridized carbons (Fsp3) is 0.167. The third-order valence-corrected chi connectivity index (χ3v) is 5.09. The summed E-state index contributed by atoms with van der Waals surface area (Å²) in [7, 11) is -2.16. The molecule has 0 saturated heterocycles. The SMILES string of the molecule is Cn1c(=O)c(C(=O)NCCc2ccc(S(N)(=O)=O)cc2)cc2cccnc21. The number of carbonyl (C=O) groups is 1. The molecule has 0 aliphatic carbocycles. The lowest BCUT2D eigenvalue weighted by atomic mass is 10.1. The summed E-state index contributed by atoms with van der Waals surface area (Å²) < 4.78 is 23.8. The number of aryl methyl sites for hydroxylation is 1. The molecule has 0 bridgehead atoms. The van der Waals surface area contributed by atoms with Crippen LogP contribution in [0.4, 0.5) is 0 Å². The fourth-order valence-electron chi connectivity index (χ4n) is 2.72. The average molecular weight is 386 g/mol. The lowest BCUT2D eigenvalue weighted by Crippen LogP contribution is -2.33. The van der Waals surface area contributed by atoms with Gasteiger partial charge in [-0.25, -0.2) is 18.5 Å². The van der Waals surface area contributed by atoms with E-state index < -0.39 is 21.5 Å². The molecule has 8 nitrogen and oxygen atoms in total. The Kier molecular flexibility index (Phi) is 5.06. The van der Waals surface area contributed by atoms with Crippen LogP contribution in [0.5, 0.6) is 0 Å². The van der Waals surface area contributed by atoms with Gasteiger partial charge in [0, 0.05) is 25.2 Å². The van der Waals surface area contributed by atoms with Crippen LogP contribution >= 0.6 is 0 Å². The van der Waals surface area contributed by atoms with Crippen molar-refractivity contribution in [3.8, 4) is 0 Å². The van der Waals surface area contributed by atoms with Crippen LogP contribution < -0.4 is 16.0 Å². The van der Waals surface area contributed by atoms with E-state index in [9.17, 15) is 18.0 Å². The number of pyridine rings is 2. The summed E-state index contributed by atoms with van der Waals surface area (Å²) in [5.41, 5.74) is 0.964. The fourth-order valence-corrected chi connectivity index (χ4v) is 3.24. The highest BCUT2D eigenvalue weighted by Gasteiger charge is 2.14. The number of nitrogens with one attached hydrogen (secondary N) is 1. The van der Waals surface area contributed by atoms with Gasteiger partial charge in [-0.3, -0.25) is 14.2 Å². The quantitative estimate of drug-likeness (QED) is 0.663. The number of nitrogens with two attached hydrogens (primary N) is 1. The second kappa shape index (κ2) is 7.29.